The summed E-state index contributed by atoms with van der Waals surface area (Å²) in [4.78, 5) is 14.8. The third-order valence-electron chi connectivity index (χ3n) is 4.52. The highest BCUT2D eigenvalue weighted by molar-refractivity contribution is 5.84. The lowest BCUT2D eigenvalue weighted by Gasteiger charge is -2.34. The lowest BCUT2D eigenvalue weighted by molar-refractivity contribution is -0.142. The summed E-state index contributed by atoms with van der Waals surface area (Å²) in [5, 5.41) is 0. The third-order valence-corrected chi connectivity index (χ3v) is 4.52. The second-order valence-corrected chi connectivity index (χ2v) is 6.00. The van der Waals surface area contributed by atoms with Crippen LogP contribution >= 0.6 is 0 Å². The van der Waals surface area contributed by atoms with Crippen molar-refractivity contribution >= 4 is 5.91 Å². The van der Waals surface area contributed by atoms with Gasteiger partial charge in [-0.25, -0.2) is 0 Å². The SMILES string of the molecule is CCCCN(C(=O)C1(C)CCCC1N)C1CC1. The second-order valence-electron chi connectivity index (χ2n) is 6.00. The first-order chi connectivity index (χ1) is 8.09. The summed E-state index contributed by atoms with van der Waals surface area (Å²) in [5.41, 5.74) is 5.87. The molecule has 0 aromatic heterocycles. The molecule has 2 fully saturated rings. The first-order valence-electron chi connectivity index (χ1n) is 7.16. The van der Waals surface area contributed by atoms with Gasteiger partial charge in [0.1, 0.15) is 0 Å². The Labute approximate surface area is 105 Å². The van der Waals surface area contributed by atoms with E-state index in [1.54, 1.807) is 0 Å². The van der Waals surface area contributed by atoms with Gasteiger partial charge in [0.25, 0.3) is 0 Å². The van der Waals surface area contributed by atoms with E-state index in [0.29, 0.717) is 11.9 Å². The molecular formula is C14H26N2O. The Morgan fingerprint density at radius 3 is 2.59 bits per heavy atom. The van der Waals surface area contributed by atoms with Crippen LogP contribution in [0, 0.1) is 5.41 Å². The fourth-order valence-electron chi connectivity index (χ4n) is 2.95. The van der Waals surface area contributed by atoms with Crippen LogP contribution < -0.4 is 5.73 Å². The summed E-state index contributed by atoms with van der Waals surface area (Å²) >= 11 is 0. The largest absolute Gasteiger partial charge is 0.339 e. The van der Waals surface area contributed by atoms with E-state index in [4.69, 9.17) is 5.73 Å². The molecule has 0 spiro atoms. The molecule has 2 N–H and O–H groups in total. The molecule has 3 heteroatoms. The highest BCUT2D eigenvalue weighted by atomic mass is 16.2. The van der Waals surface area contributed by atoms with Crippen LogP contribution in [0.4, 0.5) is 0 Å². The van der Waals surface area contributed by atoms with Crippen LogP contribution in [0.25, 0.3) is 0 Å². The van der Waals surface area contributed by atoms with Crippen LogP contribution in [0.1, 0.15) is 58.8 Å². The molecule has 0 aromatic rings. The maximum Gasteiger partial charge on any atom is 0.230 e. The molecular weight excluding hydrogens is 212 g/mol. The Hall–Kier alpha value is -0.570. The molecule has 0 aliphatic heterocycles. The summed E-state index contributed by atoms with van der Waals surface area (Å²) < 4.78 is 0. The van der Waals surface area contributed by atoms with Gasteiger partial charge in [0.15, 0.2) is 0 Å². The third kappa shape index (κ3) is 2.49. The Bertz CT molecular complexity index is 288. The van der Waals surface area contributed by atoms with Crippen molar-refractivity contribution in [2.24, 2.45) is 11.1 Å². The summed E-state index contributed by atoms with van der Waals surface area (Å²) in [6.45, 7) is 5.19. The number of nitrogens with two attached hydrogens (primary N) is 1. The van der Waals surface area contributed by atoms with Crippen molar-refractivity contribution < 1.29 is 4.79 Å². The topological polar surface area (TPSA) is 46.3 Å². The van der Waals surface area contributed by atoms with Crippen molar-refractivity contribution in [1.29, 1.82) is 0 Å². The smallest absolute Gasteiger partial charge is 0.230 e. The van der Waals surface area contributed by atoms with Crippen LogP contribution in [0.3, 0.4) is 0 Å². The molecule has 2 aliphatic carbocycles. The molecule has 0 aromatic carbocycles. The van der Waals surface area contributed by atoms with E-state index in [-0.39, 0.29) is 11.5 Å². The molecule has 2 saturated carbocycles. The van der Waals surface area contributed by atoms with E-state index in [1.807, 2.05) is 0 Å². The van der Waals surface area contributed by atoms with Crippen LogP contribution in [0.5, 0.6) is 0 Å². The lowest BCUT2D eigenvalue weighted by atomic mass is 9.83. The average Bonchev–Trinajstić information content (AvgIpc) is 3.08. The number of carbonyl (C=O) groups excluding carboxylic acids is 1. The zero-order valence-electron chi connectivity index (χ0n) is 11.2. The van der Waals surface area contributed by atoms with Gasteiger partial charge in [0.2, 0.25) is 5.91 Å². The zero-order chi connectivity index (χ0) is 12.5. The monoisotopic (exact) mass is 238 g/mol. The average molecular weight is 238 g/mol. The molecule has 2 atom stereocenters. The minimum Gasteiger partial charge on any atom is -0.339 e. The van der Waals surface area contributed by atoms with Crippen LogP contribution in [0.2, 0.25) is 0 Å². The summed E-state index contributed by atoms with van der Waals surface area (Å²) in [6.07, 6.45) is 7.75. The van der Waals surface area contributed by atoms with Gasteiger partial charge in [-0.15, -0.1) is 0 Å². The van der Waals surface area contributed by atoms with Crippen LogP contribution in [-0.2, 0) is 4.79 Å². The number of hydrogen-bond acceptors (Lipinski definition) is 2. The number of amides is 1. The number of rotatable bonds is 5. The first-order valence-corrected chi connectivity index (χ1v) is 7.16. The van der Waals surface area contributed by atoms with Crippen molar-refractivity contribution in [1.82, 2.24) is 4.90 Å². The first kappa shape index (κ1) is 12.9. The van der Waals surface area contributed by atoms with Gasteiger partial charge >= 0.3 is 0 Å². The van der Waals surface area contributed by atoms with Gasteiger partial charge in [-0.2, -0.15) is 0 Å². The summed E-state index contributed by atoms with van der Waals surface area (Å²) in [7, 11) is 0. The molecule has 1 amide bonds. The quantitative estimate of drug-likeness (QED) is 0.799. The predicted molar refractivity (Wildman–Crippen MR) is 69.6 cm³/mol. The maximum atomic E-state index is 12.7. The van der Waals surface area contributed by atoms with E-state index in [0.717, 1.165) is 38.6 Å². The van der Waals surface area contributed by atoms with Gasteiger partial charge < -0.3 is 10.6 Å². The number of hydrogen-bond donors (Lipinski definition) is 1. The van der Waals surface area contributed by atoms with E-state index in [9.17, 15) is 4.79 Å². The molecule has 0 heterocycles. The van der Waals surface area contributed by atoms with Crippen molar-refractivity contribution in [3.63, 3.8) is 0 Å². The van der Waals surface area contributed by atoms with E-state index >= 15 is 0 Å². The minimum atomic E-state index is -0.281. The van der Waals surface area contributed by atoms with Crippen molar-refractivity contribution in [2.45, 2.75) is 70.9 Å². The molecule has 0 radical (unpaired) electrons. The van der Waals surface area contributed by atoms with Crippen molar-refractivity contribution in [3.8, 4) is 0 Å². The maximum absolute atomic E-state index is 12.7. The molecule has 17 heavy (non-hydrogen) atoms. The number of nitrogens with zero attached hydrogens (tertiary/aromatic N) is 1. The van der Waals surface area contributed by atoms with Crippen LogP contribution in [0.15, 0.2) is 0 Å². The highest BCUT2D eigenvalue weighted by Crippen LogP contribution is 2.41. The summed E-state index contributed by atoms with van der Waals surface area (Å²) in [5.74, 6) is 0.332. The Balaban J connectivity index is 2.04. The van der Waals surface area contributed by atoms with Gasteiger partial charge in [0, 0.05) is 18.6 Å². The molecule has 2 aliphatic rings. The molecule has 0 saturated heterocycles. The standard InChI is InChI=1S/C14H26N2O/c1-3-4-10-16(11-7-8-11)13(17)14(2)9-5-6-12(14)15/h11-12H,3-10,15H2,1-2H3. The van der Waals surface area contributed by atoms with Crippen molar-refractivity contribution in [2.75, 3.05) is 6.54 Å². The van der Waals surface area contributed by atoms with Gasteiger partial charge in [-0.3, -0.25) is 4.79 Å². The van der Waals surface area contributed by atoms with Gasteiger partial charge in [-0.05, 0) is 39.0 Å². The molecule has 3 nitrogen and oxygen atoms in total. The normalized spacial score (nSPS) is 32.8. The highest BCUT2D eigenvalue weighted by Gasteiger charge is 2.47. The number of carbonyl (C=O) groups is 1. The predicted octanol–water partition coefficient (Wildman–Crippen LogP) is 2.29. The molecule has 2 rings (SSSR count). The molecule has 0 bridgehead atoms. The Morgan fingerprint density at radius 2 is 2.12 bits per heavy atom. The van der Waals surface area contributed by atoms with Crippen molar-refractivity contribution in [3.05, 3.63) is 0 Å². The molecule has 98 valence electrons. The van der Waals surface area contributed by atoms with Gasteiger partial charge in [-0.1, -0.05) is 19.8 Å². The van der Waals surface area contributed by atoms with E-state index in [2.05, 4.69) is 18.7 Å². The summed E-state index contributed by atoms with van der Waals surface area (Å²) in [6, 6.07) is 0.594. The van der Waals surface area contributed by atoms with Gasteiger partial charge in [0.05, 0.1) is 5.41 Å². The minimum absolute atomic E-state index is 0.0675. The Morgan fingerprint density at radius 1 is 1.41 bits per heavy atom. The number of unbranched alkanes of at least 4 members (excludes halogenated alkanes) is 1. The zero-order valence-corrected chi connectivity index (χ0v) is 11.2. The Kier molecular flexibility index (Phi) is 3.76. The van der Waals surface area contributed by atoms with E-state index < -0.39 is 0 Å². The van der Waals surface area contributed by atoms with E-state index in [1.165, 1.54) is 12.8 Å². The fraction of sp³-hybridized carbons (Fsp3) is 0.929. The lowest BCUT2D eigenvalue weighted by Crippen LogP contribution is -2.50. The molecule has 2 unspecified atom stereocenters. The second kappa shape index (κ2) is 4.97. The van der Waals surface area contributed by atoms with Crippen LogP contribution in [-0.4, -0.2) is 29.4 Å². The fourth-order valence-corrected chi connectivity index (χ4v) is 2.95.